The molecule has 0 bridgehead atoms. The highest BCUT2D eigenvalue weighted by Gasteiger charge is 2.18. The number of nitrogens with zero attached hydrogens (tertiary/aromatic N) is 6. The summed E-state index contributed by atoms with van der Waals surface area (Å²) in [6.45, 7) is 4.43. The third-order valence-electron chi connectivity index (χ3n) is 5.31. The third kappa shape index (κ3) is 5.47. The van der Waals surface area contributed by atoms with Crippen LogP contribution >= 0.6 is 0 Å². The molecule has 0 spiro atoms. The molecule has 0 aliphatic carbocycles. The van der Waals surface area contributed by atoms with Gasteiger partial charge in [-0.15, -0.1) is 5.10 Å². The van der Waals surface area contributed by atoms with E-state index in [1.807, 2.05) is 12.1 Å². The Morgan fingerprint density at radius 3 is 2.94 bits per heavy atom. The number of ether oxygens (including phenoxy) is 2. The van der Waals surface area contributed by atoms with Gasteiger partial charge in [0.15, 0.2) is 17.6 Å². The number of imidazole rings is 1. The van der Waals surface area contributed by atoms with Gasteiger partial charge in [-0.25, -0.2) is 23.4 Å². The fourth-order valence-electron chi connectivity index (χ4n) is 3.61. The van der Waals surface area contributed by atoms with Gasteiger partial charge in [0.1, 0.15) is 17.1 Å². The van der Waals surface area contributed by atoms with Gasteiger partial charge in [0, 0.05) is 45.1 Å². The van der Waals surface area contributed by atoms with Crippen LogP contribution in [-0.4, -0.2) is 68.8 Å². The van der Waals surface area contributed by atoms with Crippen molar-refractivity contribution in [2.45, 2.75) is 13.3 Å². The Kier molecular flexibility index (Phi) is 7.38. The van der Waals surface area contributed by atoms with E-state index in [2.05, 4.69) is 31.6 Å². The van der Waals surface area contributed by atoms with Crippen molar-refractivity contribution in [2.24, 2.45) is 0 Å². The molecule has 1 unspecified atom stereocenters. The number of likely N-dealkylation sites (N-methyl/N-ethyl adjacent to an activating group) is 1. The van der Waals surface area contributed by atoms with E-state index in [1.54, 1.807) is 42.3 Å². The number of furan rings is 1. The number of fused-ring (bicyclic) bond motifs is 2. The number of anilines is 1. The average molecular weight is 498 g/mol. The second-order valence-corrected chi connectivity index (χ2v) is 10.1. The van der Waals surface area contributed by atoms with E-state index in [0.717, 1.165) is 17.7 Å². The van der Waals surface area contributed by atoms with Crippen molar-refractivity contribution in [3.05, 3.63) is 36.7 Å². The molecule has 0 aromatic carbocycles. The van der Waals surface area contributed by atoms with Gasteiger partial charge in [-0.05, 0) is 30.5 Å². The lowest BCUT2D eigenvalue weighted by Crippen LogP contribution is -2.27. The van der Waals surface area contributed by atoms with Crippen molar-refractivity contribution in [3.8, 4) is 23.5 Å². The summed E-state index contributed by atoms with van der Waals surface area (Å²) in [6, 6.07) is 7.30. The number of hydrogen-bond donors (Lipinski definition) is 1. The molecule has 0 saturated carbocycles. The lowest BCUT2D eigenvalue weighted by molar-refractivity contribution is 0.205. The number of nitriles is 1. The van der Waals surface area contributed by atoms with Gasteiger partial charge in [0.2, 0.25) is 5.88 Å². The highest BCUT2D eigenvalue weighted by atomic mass is 32.2. The lowest BCUT2D eigenvalue weighted by atomic mass is 10.2. The molecule has 1 N–H and O–H groups in total. The summed E-state index contributed by atoms with van der Waals surface area (Å²) in [4.78, 5) is 11.1. The maximum absolute atomic E-state index is 12.1. The molecule has 4 heterocycles. The van der Waals surface area contributed by atoms with Gasteiger partial charge in [0.25, 0.3) is 0 Å². The molecule has 0 saturated heterocycles. The normalized spacial score (nSPS) is 12.9. The fraction of sp³-hybridized carbons (Fsp3) is 0.348. The predicted octanol–water partition coefficient (Wildman–Crippen LogP) is 2.48. The Labute approximate surface area is 203 Å². The Hall–Kier alpha value is -3.82. The van der Waals surface area contributed by atoms with E-state index < -0.39 is 9.71 Å². The zero-order valence-corrected chi connectivity index (χ0v) is 20.6. The van der Waals surface area contributed by atoms with E-state index in [4.69, 9.17) is 19.2 Å². The van der Waals surface area contributed by atoms with Gasteiger partial charge in [-0.2, -0.15) is 5.26 Å². The summed E-state index contributed by atoms with van der Waals surface area (Å²) >= 11 is 0. The second-order valence-electron chi connectivity index (χ2n) is 7.74. The Morgan fingerprint density at radius 2 is 2.17 bits per heavy atom. The Bertz CT molecular complexity index is 1480. The largest absolute Gasteiger partial charge is 0.476 e. The van der Waals surface area contributed by atoms with E-state index >= 15 is 0 Å². The Morgan fingerprint density at radius 1 is 1.31 bits per heavy atom. The highest BCUT2D eigenvalue weighted by Crippen LogP contribution is 2.33. The van der Waals surface area contributed by atoms with Crippen LogP contribution in [0.1, 0.15) is 13.3 Å². The van der Waals surface area contributed by atoms with Crippen LogP contribution in [0.25, 0.3) is 28.1 Å². The van der Waals surface area contributed by atoms with Crippen molar-refractivity contribution >= 4 is 37.5 Å². The van der Waals surface area contributed by atoms with Crippen LogP contribution in [0, 0.1) is 11.5 Å². The minimum atomic E-state index is -2.51. The minimum Gasteiger partial charge on any atom is -0.476 e. The van der Waals surface area contributed by atoms with Crippen LogP contribution in [0.5, 0.6) is 5.88 Å². The van der Waals surface area contributed by atoms with E-state index in [-0.39, 0.29) is 6.61 Å². The molecular weight excluding hydrogens is 470 g/mol. The maximum atomic E-state index is 12.1. The summed E-state index contributed by atoms with van der Waals surface area (Å²) in [7, 11) is -0.834. The predicted molar refractivity (Wildman–Crippen MR) is 135 cm³/mol. The molecular formula is C23H27N7O4S. The molecule has 0 fully saturated rings. The van der Waals surface area contributed by atoms with Crippen molar-refractivity contribution in [1.29, 1.82) is 5.26 Å². The van der Waals surface area contributed by atoms with Gasteiger partial charge >= 0.3 is 0 Å². The SMILES string of the molecule is CCN(CCOC)c1nccc2oc(-c3cnc4ccc(OCCC=S(C)(=O)NC#N)nn34)cc12. The number of methoxy groups -OCH3 is 1. The first-order valence-corrected chi connectivity index (χ1v) is 13.1. The standard InChI is InChI=1S/C23H27N7O4S/c1-4-29(10-12-32-2)23-17-14-20(34-19(17)8-9-25-23)18-15-26-21-6-7-22(28-30(18)21)33-11-5-13-35(3,31)27-16-24/h6-9,13-15H,4-5,10-12H2,1-3H3,(H,27,31). The number of nitrogens with one attached hydrogen (secondary N) is 1. The molecule has 1 atom stereocenters. The molecule has 0 aliphatic heterocycles. The molecule has 4 aromatic heterocycles. The monoisotopic (exact) mass is 497 g/mol. The third-order valence-corrected chi connectivity index (χ3v) is 6.68. The first kappa shape index (κ1) is 24.3. The molecule has 11 nitrogen and oxygen atoms in total. The molecule has 0 aliphatic rings. The zero-order chi connectivity index (χ0) is 24.8. The van der Waals surface area contributed by atoms with E-state index in [9.17, 15) is 4.21 Å². The highest BCUT2D eigenvalue weighted by molar-refractivity contribution is 7.99. The van der Waals surface area contributed by atoms with E-state index in [1.165, 1.54) is 11.6 Å². The van der Waals surface area contributed by atoms with E-state index in [0.29, 0.717) is 48.1 Å². The fourth-order valence-corrected chi connectivity index (χ4v) is 4.42. The summed E-state index contributed by atoms with van der Waals surface area (Å²) in [5, 5.41) is 15.6. The van der Waals surface area contributed by atoms with Crippen molar-refractivity contribution in [3.63, 3.8) is 0 Å². The van der Waals surface area contributed by atoms with Crippen molar-refractivity contribution < 1.29 is 18.1 Å². The van der Waals surface area contributed by atoms with Crippen LogP contribution in [0.2, 0.25) is 0 Å². The number of aromatic nitrogens is 4. The molecule has 4 aromatic rings. The molecule has 184 valence electrons. The summed E-state index contributed by atoms with van der Waals surface area (Å²) in [5.74, 6) is 1.82. The zero-order valence-electron chi connectivity index (χ0n) is 19.8. The topological polar surface area (TPSA) is 131 Å². The summed E-state index contributed by atoms with van der Waals surface area (Å²) in [6.07, 6.45) is 6.98. The number of pyridine rings is 1. The Balaban J connectivity index is 1.60. The number of rotatable bonds is 11. The smallest absolute Gasteiger partial charge is 0.231 e. The molecule has 0 amide bonds. The second kappa shape index (κ2) is 10.6. The van der Waals surface area contributed by atoms with Crippen molar-refractivity contribution in [1.82, 2.24) is 24.3 Å². The first-order chi connectivity index (χ1) is 17.0. The molecule has 0 radical (unpaired) electrons. The van der Waals surface area contributed by atoms with Gasteiger partial charge in [-0.3, -0.25) is 0 Å². The van der Waals surface area contributed by atoms with Gasteiger partial charge in [-0.1, -0.05) is 0 Å². The van der Waals surface area contributed by atoms with Crippen LogP contribution in [-0.2, 0) is 14.4 Å². The summed E-state index contributed by atoms with van der Waals surface area (Å²) < 4.78 is 33.1. The molecule has 4 rings (SSSR count). The van der Waals surface area contributed by atoms with Gasteiger partial charge < -0.3 is 18.8 Å². The van der Waals surface area contributed by atoms with Crippen molar-refractivity contribution in [2.75, 3.05) is 44.6 Å². The van der Waals surface area contributed by atoms with Crippen LogP contribution in [0.15, 0.2) is 41.1 Å². The lowest BCUT2D eigenvalue weighted by Gasteiger charge is -2.21. The van der Waals surface area contributed by atoms with Gasteiger partial charge in [0.05, 0.1) is 34.5 Å². The average Bonchev–Trinajstić information content (AvgIpc) is 3.46. The quantitative estimate of drug-likeness (QED) is 0.144. The first-order valence-electron chi connectivity index (χ1n) is 11.0. The summed E-state index contributed by atoms with van der Waals surface area (Å²) in [5.41, 5.74) is 2.03. The van der Waals surface area contributed by atoms with Crippen LogP contribution in [0.4, 0.5) is 5.82 Å². The van der Waals surface area contributed by atoms with Crippen LogP contribution < -0.4 is 14.4 Å². The molecule has 35 heavy (non-hydrogen) atoms. The number of hydrogen-bond acceptors (Lipinski definition) is 9. The minimum absolute atomic E-state index is 0.258. The van der Waals surface area contributed by atoms with Crippen LogP contribution in [0.3, 0.4) is 0 Å². The molecule has 12 heteroatoms. The maximum Gasteiger partial charge on any atom is 0.231 e.